The summed E-state index contributed by atoms with van der Waals surface area (Å²) in [6, 6.07) is 5.37. The number of alkyl carbamates (subject to hydrolysis) is 1. The van der Waals surface area contributed by atoms with Gasteiger partial charge in [-0.05, 0) is 51.8 Å². The fourth-order valence-corrected chi connectivity index (χ4v) is 3.24. The van der Waals surface area contributed by atoms with Crippen LogP contribution in [0.5, 0.6) is 0 Å². The minimum atomic E-state index is -0.521. The highest BCUT2D eigenvalue weighted by molar-refractivity contribution is 6.35. The van der Waals surface area contributed by atoms with Crippen molar-refractivity contribution in [1.82, 2.24) is 10.6 Å². The fraction of sp³-hybridized carbons (Fsp3) is 0.611. The Labute approximate surface area is 159 Å². The smallest absolute Gasteiger partial charge is 0.407 e. The number of benzene rings is 1. The van der Waals surface area contributed by atoms with E-state index in [0.29, 0.717) is 23.2 Å². The van der Waals surface area contributed by atoms with E-state index >= 15 is 0 Å². The van der Waals surface area contributed by atoms with Crippen LogP contribution in [0.15, 0.2) is 18.2 Å². The molecule has 7 heteroatoms. The molecule has 2 rings (SSSR count). The van der Waals surface area contributed by atoms with Crippen LogP contribution < -0.4 is 10.6 Å². The molecule has 0 aromatic heterocycles. The van der Waals surface area contributed by atoms with Crippen molar-refractivity contribution in [3.05, 3.63) is 33.8 Å². The van der Waals surface area contributed by atoms with Crippen LogP contribution in [-0.4, -0.2) is 36.5 Å². The van der Waals surface area contributed by atoms with Gasteiger partial charge in [0.15, 0.2) is 0 Å². The number of ether oxygens (including phenoxy) is 2. The number of nitrogens with one attached hydrogen (secondary N) is 2. The molecule has 25 heavy (non-hydrogen) atoms. The van der Waals surface area contributed by atoms with E-state index in [0.717, 1.165) is 12.0 Å². The van der Waals surface area contributed by atoms with Crippen molar-refractivity contribution in [2.24, 2.45) is 0 Å². The van der Waals surface area contributed by atoms with Crippen LogP contribution in [0, 0.1) is 0 Å². The van der Waals surface area contributed by atoms with Crippen molar-refractivity contribution in [2.45, 2.75) is 64.4 Å². The van der Waals surface area contributed by atoms with E-state index in [9.17, 15) is 4.79 Å². The van der Waals surface area contributed by atoms with E-state index in [4.69, 9.17) is 32.7 Å². The van der Waals surface area contributed by atoms with Gasteiger partial charge in [0.1, 0.15) is 5.60 Å². The summed E-state index contributed by atoms with van der Waals surface area (Å²) in [5.41, 5.74) is 0.427. The zero-order valence-electron chi connectivity index (χ0n) is 15.1. The summed E-state index contributed by atoms with van der Waals surface area (Å²) in [6.45, 7) is 8.68. The van der Waals surface area contributed by atoms with E-state index in [-0.39, 0.29) is 18.2 Å². The van der Waals surface area contributed by atoms with Gasteiger partial charge in [0, 0.05) is 23.2 Å². The predicted molar refractivity (Wildman–Crippen MR) is 100 cm³/mol. The van der Waals surface area contributed by atoms with Crippen LogP contribution >= 0.6 is 23.2 Å². The fourth-order valence-electron chi connectivity index (χ4n) is 2.77. The Bertz CT molecular complexity index is 604. The molecular formula is C18H26Cl2N2O3. The van der Waals surface area contributed by atoms with Gasteiger partial charge >= 0.3 is 6.09 Å². The van der Waals surface area contributed by atoms with Crippen molar-refractivity contribution in [3.63, 3.8) is 0 Å². The van der Waals surface area contributed by atoms with Gasteiger partial charge in [-0.25, -0.2) is 4.79 Å². The quantitative estimate of drug-likeness (QED) is 0.767. The minimum absolute atomic E-state index is 0.000729. The monoisotopic (exact) mass is 388 g/mol. The van der Waals surface area contributed by atoms with Crippen LogP contribution in [0.25, 0.3) is 0 Å². The zero-order chi connectivity index (χ0) is 18.6. The maximum atomic E-state index is 12.0. The molecule has 1 aromatic carbocycles. The molecule has 3 unspecified atom stereocenters. The second-order valence-electron chi connectivity index (χ2n) is 7.12. The Hall–Kier alpha value is -1.01. The molecule has 1 fully saturated rings. The largest absolute Gasteiger partial charge is 0.444 e. The molecule has 3 atom stereocenters. The number of halogens is 2. The predicted octanol–water partition coefficient (Wildman–Crippen LogP) is 4.15. The van der Waals surface area contributed by atoms with Gasteiger partial charge in [-0.15, -0.1) is 0 Å². The first kappa shape index (κ1) is 20.3. The number of hydrogen-bond acceptors (Lipinski definition) is 4. The lowest BCUT2D eigenvalue weighted by Crippen LogP contribution is -2.66. The van der Waals surface area contributed by atoms with Crippen LogP contribution in [0.3, 0.4) is 0 Å². The molecule has 0 saturated heterocycles. The molecular weight excluding hydrogens is 363 g/mol. The van der Waals surface area contributed by atoms with Crippen molar-refractivity contribution in [3.8, 4) is 0 Å². The molecule has 0 bridgehead atoms. The first-order valence-corrected chi connectivity index (χ1v) is 9.23. The molecule has 1 aliphatic rings. The summed E-state index contributed by atoms with van der Waals surface area (Å²) < 4.78 is 11.1. The number of hydrogen-bond donors (Lipinski definition) is 2. The topological polar surface area (TPSA) is 59.6 Å². The summed E-state index contributed by atoms with van der Waals surface area (Å²) in [7, 11) is 0. The number of rotatable bonds is 6. The summed E-state index contributed by atoms with van der Waals surface area (Å²) >= 11 is 12.1. The van der Waals surface area contributed by atoms with Crippen molar-refractivity contribution in [2.75, 3.05) is 6.61 Å². The van der Waals surface area contributed by atoms with Crippen LogP contribution in [0.2, 0.25) is 10.0 Å². The molecule has 0 aliphatic heterocycles. The number of carbonyl (C=O) groups is 1. The Kier molecular flexibility index (Phi) is 6.97. The Balaban J connectivity index is 1.94. The van der Waals surface area contributed by atoms with Crippen molar-refractivity contribution < 1.29 is 14.3 Å². The van der Waals surface area contributed by atoms with E-state index in [1.807, 2.05) is 39.8 Å². The third-order valence-corrected chi connectivity index (χ3v) is 4.53. The molecule has 5 nitrogen and oxygen atoms in total. The van der Waals surface area contributed by atoms with E-state index in [1.165, 1.54) is 0 Å². The highest BCUT2D eigenvalue weighted by Crippen LogP contribution is 2.27. The lowest BCUT2D eigenvalue weighted by molar-refractivity contribution is -0.0438. The van der Waals surface area contributed by atoms with E-state index in [2.05, 4.69) is 10.6 Å². The molecule has 1 amide bonds. The Morgan fingerprint density at radius 3 is 2.64 bits per heavy atom. The van der Waals surface area contributed by atoms with Gasteiger partial charge < -0.3 is 20.1 Å². The maximum Gasteiger partial charge on any atom is 0.407 e. The third kappa shape index (κ3) is 6.03. The zero-order valence-corrected chi connectivity index (χ0v) is 16.6. The average molecular weight is 389 g/mol. The molecule has 0 radical (unpaired) electrons. The van der Waals surface area contributed by atoms with E-state index in [1.54, 1.807) is 6.07 Å². The van der Waals surface area contributed by atoms with Gasteiger partial charge in [-0.3, -0.25) is 0 Å². The molecule has 0 heterocycles. The average Bonchev–Trinajstić information content (AvgIpc) is 2.46. The first-order chi connectivity index (χ1) is 11.7. The van der Waals surface area contributed by atoms with Crippen LogP contribution in [0.1, 0.15) is 39.7 Å². The first-order valence-electron chi connectivity index (χ1n) is 8.48. The summed E-state index contributed by atoms with van der Waals surface area (Å²) in [5, 5.41) is 7.56. The standard InChI is InChI=1S/C18H26Cl2N2O3/c1-5-24-15-9-14(22-17(23)25-18(2,3)4)16(15)21-10-11-6-7-12(19)8-13(11)20/h6-8,14-16,21H,5,9-10H2,1-4H3,(H,22,23). The number of amides is 1. The highest BCUT2D eigenvalue weighted by Gasteiger charge is 2.42. The lowest BCUT2D eigenvalue weighted by Gasteiger charge is -2.45. The second-order valence-corrected chi connectivity index (χ2v) is 7.97. The second kappa shape index (κ2) is 8.58. The van der Waals surface area contributed by atoms with Crippen LogP contribution in [-0.2, 0) is 16.0 Å². The molecule has 2 N–H and O–H groups in total. The summed E-state index contributed by atoms with van der Waals surface area (Å²) in [5.74, 6) is 0. The lowest BCUT2D eigenvalue weighted by atomic mass is 9.82. The molecule has 140 valence electrons. The maximum absolute atomic E-state index is 12.0. The SMILES string of the molecule is CCOC1CC(NC(=O)OC(C)(C)C)C1NCc1ccc(Cl)cc1Cl. The van der Waals surface area contributed by atoms with Crippen LogP contribution in [0.4, 0.5) is 4.79 Å². The van der Waals surface area contributed by atoms with Gasteiger partial charge in [-0.2, -0.15) is 0 Å². The van der Waals surface area contributed by atoms with Gasteiger partial charge in [0.05, 0.1) is 18.2 Å². The Morgan fingerprint density at radius 1 is 1.32 bits per heavy atom. The van der Waals surface area contributed by atoms with Crippen molar-refractivity contribution in [1.29, 1.82) is 0 Å². The third-order valence-electron chi connectivity index (χ3n) is 3.95. The molecule has 1 aliphatic carbocycles. The summed E-state index contributed by atoms with van der Waals surface area (Å²) in [4.78, 5) is 12.0. The normalized spacial score (nSPS) is 23.0. The van der Waals surface area contributed by atoms with Gasteiger partial charge in [-0.1, -0.05) is 29.3 Å². The Morgan fingerprint density at radius 2 is 2.04 bits per heavy atom. The van der Waals surface area contributed by atoms with E-state index < -0.39 is 11.7 Å². The molecule has 1 aromatic rings. The number of carbonyl (C=O) groups excluding carboxylic acids is 1. The minimum Gasteiger partial charge on any atom is -0.444 e. The highest BCUT2D eigenvalue weighted by atomic mass is 35.5. The van der Waals surface area contributed by atoms with Gasteiger partial charge in [0.25, 0.3) is 0 Å². The van der Waals surface area contributed by atoms with Gasteiger partial charge in [0.2, 0.25) is 0 Å². The molecule has 1 saturated carbocycles. The summed E-state index contributed by atoms with van der Waals surface area (Å²) in [6.07, 6.45) is 0.388. The molecule has 0 spiro atoms. The van der Waals surface area contributed by atoms with Crippen molar-refractivity contribution >= 4 is 29.3 Å².